The second-order valence-corrected chi connectivity index (χ2v) is 5.54. The first-order chi connectivity index (χ1) is 7.79. The molecule has 3 nitrogen and oxygen atoms in total. The lowest BCUT2D eigenvalue weighted by molar-refractivity contribution is -0.151. The summed E-state index contributed by atoms with van der Waals surface area (Å²) in [6.07, 6.45) is 0. The average molecular weight is 257 g/mol. The van der Waals surface area contributed by atoms with Gasteiger partial charge in [0.2, 0.25) is 0 Å². The van der Waals surface area contributed by atoms with E-state index in [4.69, 9.17) is 10.5 Å². The van der Waals surface area contributed by atoms with E-state index in [2.05, 4.69) is 0 Å². The Balaban J connectivity index is 2.56. The van der Waals surface area contributed by atoms with Crippen LogP contribution in [0.15, 0.2) is 23.1 Å². The Morgan fingerprint density at radius 2 is 2.12 bits per heavy atom. The number of nitrogen functional groups attached to an aromatic ring is 1. The van der Waals surface area contributed by atoms with Crippen molar-refractivity contribution in [3.63, 3.8) is 0 Å². The van der Waals surface area contributed by atoms with Crippen LogP contribution in [-0.2, 0) is 9.53 Å². The van der Waals surface area contributed by atoms with E-state index in [1.54, 1.807) is 32.9 Å². The Morgan fingerprint density at radius 3 is 2.71 bits per heavy atom. The van der Waals surface area contributed by atoms with Gasteiger partial charge in [-0.1, -0.05) is 6.07 Å². The number of halogens is 1. The quantitative estimate of drug-likeness (QED) is 0.514. The van der Waals surface area contributed by atoms with Crippen molar-refractivity contribution < 1.29 is 13.9 Å². The van der Waals surface area contributed by atoms with Gasteiger partial charge in [0.25, 0.3) is 0 Å². The van der Waals surface area contributed by atoms with Crippen LogP contribution in [0, 0.1) is 5.82 Å². The van der Waals surface area contributed by atoms with Gasteiger partial charge in [-0.05, 0) is 32.9 Å². The van der Waals surface area contributed by atoms with Crippen LogP contribution in [0.25, 0.3) is 0 Å². The summed E-state index contributed by atoms with van der Waals surface area (Å²) in [5, 5.41) is 0. The molecule has 1 aromatic carbocycles. The molecule has 0 spiro atoms. The molecule has 0 radical (unpaired) electrons. The standard InChI is InChI=1S/C12H16FNO2S/c1-12(2,3)16-10(15)7-17-9-6-4-5-8(13)11(9)14/h4-6H,7,14H2,1-3H3. The SMILES string of the molecule is CC(C)(C)OC(=O)CSc1cccc(F)c1N. The number of para-hydroxylation sites is 1. The van der Waals surface area contributed by atoms with Crippen molar-refractivity contribution in [2.24, 2.45) is 0 Å². The lowest BCUT2D eigenvalue weighted by atomic mass is 10.2. The third kappa shape index (κ3) is 4.65. The molecule has 1 rings (SSSR count). The van der Waals surface area contributed by atoms with Gasteiger partial charge in [0.15, 0.2) is 0 Å². The predicted octanol–water partition coefficient (Wildman–Crippen LogP) is 2.84. The highest BCUT2D eigenvalue weighted by molar-refractivity contribution is 8.00. The van der Waals surface area contributed by atoms with E-state index in [0.717, 1.165) is 0 Å². The van der Waals surface area contributed by atoms with Gasteiger partial charge in [-0.15, -0.1) is 11.8 Å². The Hall–Kier alpha value is -1.23. The van der Waals surface area contributed by atoms with Gasteiger partial charge < -0.3 is 10.5 Å². The van der Waals surface area contributed by atoms with Crippen LogP contribution in [0.3, 0.4) is 0 Å². The summed E-state index contributed by atoms with van der Waals surface area (Å²) in [7, 11) is 0. The molecule has 0 amide bonds. The van der Waals surface area contributed by atoms with Crippen LogP contribution >= 0.6 is 11.8 Å². The number of nitrogens with two attached hydrogens (primary N) is 1. The molecule has 0 saturated heterocycles. The highest BCUT2D eigenvalue weighted by Crippen LogP contribution is 2.27. The van der Waals surface area contributed by atoms with Crippen molar-refractivity contribution in [1.29, 1.82) is 0 Å². The number of rotatable bonds is 3. The molecule has 2 N–H and O–H groups in total. The maximum Gasteiger partial charge on any atom is 0.316 e. The molecule has 0 aromatic heterocycles. The van der Waals surface area contributed by atoms with E-state index in [-0.39, 0.29) is 17.4 Å². The Kier molecular flexibility index (Phi) is 4.40. The number of anilines is 1. The molecule has 0 aliphatic carbocycles. The molecule has 1 aromatic rings. The summed E-state index contributed by atoms with van der Waals surface area (Å²) < 4.78 is 18.3. The largest absolute Gasteiger partial charge is 0.459 e. The fraction of sp³-hybridized carbons (Fsp3) is 0.417. The van der Waals surface area contributed by atoms with E-state index in [0.29, 0.717) is 4.90 Å². The van der Waals surface area contributed by atoms with Crippen molar-refractivity contribution in [2.45, 2.75) is 31.3 Å². The van der Waals surface area contributed by atoms with E-state index in [9.17, 15) is 9.18 Å². The number of thioether (sulfide) groups is 1. The van der Waals surface area contributed by atoms with Crippen LogP contribution in [0.4, 0.5) is 10.1 Å². The Labute approximate surface area is 105 Å². The Morgan fingerprint density at radius 1 is 1.47 bits per heavy atom. The zero-order valence-corrected chi connectivity index (χ0v) is 10.9. The molecule has 0 heterocycles. The number of benzene rings is 1. The van der Waals surface area contributed by atoms with Crippen LogP contribution in [0.1, 0.15) is 20.8 Å². The monoisotopic (exact) mass is 257 g/mol. The minimum absolute atomic E-state index is 0.0704. The molecule has 0 bridgehead atoms. The molecular weight excluding hydrogens is 241 g/mol. The van der Waals surface area contributed by atoms with Gasteiger partial charge in [0, 0.05) is 4.90 Å². The molecular formula is C12H16FNO2S. The normalized spacial score (nSPS) is 11.3. The summed E-state index contributed by atoms with van der Waals surface area (Å²) in [5.74, 6) is -0.698. The Bertz CT molecular complexity index is 415. The first-order valence-electron chi connectivity index (χ1n) is 5.18. The maximum atomic E-state index is 13.1. The maximum absolute atomic E-state index is 13.1. The number of hydrogen-bond donors (Lipinski definition) is 1. The minimum atomic E-state index is -0.509. The first-order valence-corrected chi connectivity index (χ1v) is 6.17. The summed E-state index contributed by atoms with van der Waals surface area (Å²) in [6, 6.07) is 4.52. The van der Waals surface area contributed by atoms with Crippen LogP contribution in [0.2, 0.25) is 0 Å². The summed E-state index contributed by atoms with van der Waals surface area (Å²) in [5.41, 5.74) is 5.11. The van der Waals surface area contributed by atoms with E-state index < -0.39 is 11.4 Å². The lowest BCUT2D eigenvalue weighted by Gasteiger charge is -2.19. The van der Waals surface area contributed by atoms with Crippen molar-refractivity contribution >= 4 is 23.4 Å². The molecule has 5 heteroatoms. The fourth-order valence-electron chi connectivity index (χ4n) is 1.15. The second kappa shape index (κ2) is 5.40. The third-order valence-corrected chi connectivity index (χ3v) is 2.83. The van der Waals surface area contributed by atoms with E-state index >= 15 is 0 Å². The van der Waals surface area contributed by atoms with E-state index in [1.807, 2.05) is 0 Å². The molecule has 17 heavy (non-hydrogen) atoms. The number of carbonyl (C=O) groups excluding carboxylic acids is 1. The molecule has 0 unspecified atom stereocenters. The average Bonchev–Trinajstić information content (AvgIpc) is 2.18. The van der Waals surface area contributed by atoms with Gasteiger partial charge in [0.05, 0.1) is 11.4 Å². The van der Waals surface area contributed by atoms with Gasteiger partial charge in [-0.2, -0.15) is 0 Å². The fourth-order valence-corrected chi connectivity index (χ4v) is 1.91. The molecule has 94 valence electrons. The zero-order chi connectivity index (χ0) is 13.1. The molecule has 0 atom stereocenters. The van der Waals surface area contributed by atoms with Crippen molar-refractivity contribution in [1.82, 2.24) is 0 Å². The first kappa shape index (κ1) is 13.8. The molecule has 0 fully saturated rings. The zero-order valence-electron chi connectivity index (χ0n) is 10.1. The van der Waals surface area contributed by atoms with Gasteiger partial charge in [-0.25, -0.2) is 4.39 Å². The van der Waals surface area contributed by atoms with Gasteiger partial charge in [-0.3, -0.25) is 4.79 Å². The van der Waals surface area contributed by atoms with Crippen molar-refractivity contribution in [3.8, 4) is 0 Å². The number of carbonyl (C=O) groups is 1. The van der Waals surface area contributed by atoms with Gasteiger partial charge >= 0.3 is 5.97 Å². The number of hydrogen-bond acceptors (Lipinski definition) is 4. The topological polar surface area (TPSA) is 52.3 Å². The third-order valence-electron chi connectivity index (χ3n) is 1.78. The highest BCUT2D eigenvalue weighted by atomic mass is 32.2. The summed E-state index contributed by atoms with van der Waals surface area (Å²) in [6.45, 7) is 5.39. The van der Waals surface area contributed by atoms with Crippen LogP contribution < -0.4 is 5.73 Å². The molecule has 0 aliphatic rings. The van der Waals surface area contributed by atoms with Crippen molar-refractivity contribution in [2.75, 3.05) is 11.5 Å². The summed E-state index contributed by atoms with van der Waals surface area (Å²) >= 11 is 1.17. The molecule has 0 saturated carbocycles. The van der Waals surface area contributed by atoms with Crippen LogP contribution in [-0.4, -0.2) is 17.3 Å². The summed E-state index contributed by atoms with van der Waals surface area (Å²) in [4.78, 5) is 12.0. The molecule has 0 aliphatic heterocycles. The number of esters is 1. The predicted molar refractivity (Wildman–Crippen MR) is 67.4 cm³/mol. The van der Waals surface area contributed by atoms with E-state index in [1.165, 1.54) is 17.8 Å². The second-order valence-electron chi connectivity index (χ2n) is 4.53. The number of ether oxygens (including phenoxy) is 1. The highest BCUT2D eigenvalue weighted by Gasteiger charge is 2.16. The van der Waals surface area contributed by atoms with Gasteiger partial charge in [0.1, 0.15) is 11.4 Å². The van der Waals surface area contributed by atoms with Crippen LogP contribution in [0.5, 0.6) is 0 Å². The van der Waals surface area contributed by atoms with Crippen molar-refractivity contribution in [3.05, 3.63) is 24.0 Å². The lowest BCUT2D eigenvalue weighted by Crippen LogP contribution is -2.24. The smallest absolute Gasteiger partial charge is 0.316 e. The minimum Gasteiger partial charge on any atom is -0.459 e.